The quantitative estimate of drug-likeness (QED) is 0.177. The molecule has 0 saturated carbocycles. The predicted octanol–water partition coefficient (Wildman–Crippen LogP) is 7.62. The lowest BCUT2D eigenvalue weighted by molar-refractivity contribution is 0.0692. The Hall–Kier alpha value is -6.02. The molecule has 2 aliphatic rings. The van der Waals surface area contributed by atoms with Gasteiger partial charge in [-0.3, -0.25) is 24.1 Å². The Balaban J connectivity index is 1.11. The van der Waals surface area contributed by atoms with Crippen LogP contribution < -0.4 is 14.4 Å². The van der Waals surface area contributed by atoms with E-state index in [1.165, 1.54) is 11.9 Å². The third-order valence-electron chi connectivity index (χ3n) is 8.52. The number of rotatable bonds is 7. The van der Waals surface area contributed by atoms with Crippen molar-refractivity contribution in [2.75, 3.05) is 11.9 Å². The third-order valence-corrected chi connectivity index (χ3v) is 8.52. The van der Waals surface area contributed by atoms with Gasteiger partial charge in [0.15, 0.2) is 0 Å². The summed E-state index contributed by atoms with van der Waals surface area (Å²) in [6.07, 6.45) is 0. The van der Waals surface area contributed by atoms with Crippen molar-refractivity contribution in [2.24, 2.45) is 0 Å². The molecule has 0 spiro atoms. The molecule has 7 rings (SSSR count). The number of carbonyl (C=O) groups is 4. The SMILES string of the molecule is CN1C(=O)c2ccc(Oc3cccc(C(C)(C)c4cccc(Oc5ccc6c(c5)C(=O)N(c5ccccc5)C6=O)c4)c3)cc2C1=O. The van der Waals surface area contributed by atoms with E-state index in [9.17, 15) is 19.2 Å². The average molecular weight is 609 g/mol. The molecule has 0 bridgehead atoms. The van der Waals surface area contributed by atoms with Crippen LogP contribution in [0.5, 0.6) is 23.0 Å². The largest absolute Gasteiger partial charge is 0.457 e. The van der Waals surface area contributed by atoms with Gasteiger partial charge in [0.2, 0.25) is 0 Å². The van der Waals surface area contributed by atoms with Gasteiger partial charge in [-0.05, 0) is 83.9 Å². The Bertz CT molecular complexity index is 2080. The van der Waals surface area contributed by atoms with Gasteiger partial charge in [0.1, 0.15) is 23.0 Å². The van der Waals surface area contributed by atoms with Crippen molar-refractivity contribution in [2.45, 2.75) is 19.3 Å². The molecule has 4 amide bonds. The molecule has 0 aliphatic carbocycles. The molecule has 0 fully saturated rings. The van der Waals surface area contributed by atoms with Crippen LogP contribution in [0.15, 0.2) is 115 Å². The van der Waals surface area contributed by atoms with Gasteiger partial charge < -0.3 is 9.47 Å². The number of amides is 4. The van der Waals surface area contributed by atoms with Gasteiger partial charge in [-0.25, -0.2) is 4.90 Å². The second kappa shape index (κ2) is 10.9. The maximum Gasteiger partial charge on any atom is 0.266 e. The van der Waals surface area contributed by atoms with Gasteiger partial charge in [-0.2, -0.15) is 0 Å². The summed E-state index contributed by atoms with van der Waals surface area (Å²) in [4.78, 5) is 53.2. The van der Waals surface area contributed by atoms with Crippen molar-refractivity contribution in [3.05, 3.63) is 149 Å². The zero-order chi connectivity index (χ0) is 32.2. The summed E-state index contributed by atoms with van der Waals surface area (Å²) < 4.78 is 12.3. The molecule has 0 atom stereocenters. The van der Waals surface area contributed by atoms with Crippen molar-refractivity contribution < 1.29 is 28.7 Å². The van der Waals surface area contributed by atoms with Gasteiger partial charge in [-0.1, -0.05) is 56.3 Å². The van der Waals surface area contributed by atoms with Crippen molar-refractivity contribution >= 4 is 29.3 Å². The number of benzene rings is 5. The van der Waals surface area contributed by atoms with E-state index >= 15 is 0 Å². The first-order valence-corrected chi connectivity index (χ1v) is 14.7. The number of imide groups is 2. The Morgan fingerprint density at radius 1 is 0.478 bits per heavy atom. The molecule has 8 heteroatoms. The lowest BCUT2D eigenvalue weighted by Gasteiger charge is -2.27. The summed E-state index contributed by atoms with van der Waals surface area (Å²) >= 11 is 0. The van der Waals surface area contributed by atoms with E-state index in [-0.39, 0.29) is 23.6 Å². The van der Waals surface area contributed by atoms with Crippen molar-refractivity contribution in [1.82, 2.24) is 4.90 Å². The number of fused-ring (bicyclic) bond motifs is 2. The molecule has 0 saturated heterocycles. The maximum atomic E-state index is 13.2. The van der Waals surface area contributed by atoms with E-state index in [0.29, 0.717) is 50.9 Å². The summed E-state index contributed by atoms with van der Waals surface area (Å²) in [5, 5.41) is 0. The number of para-hydroxylation sites is 1. The molecule has 5 aromatic carbocycles. The van der Waals surface area contributed by atoms with Crippen molar-refractivity contribution in [1.29, 1.82) is 0 Å². The second-order valence-electron chi connectivity index (χ2n) is 11.8. The minimum atomic E-state index is -0.460. The summed E-state index contributed by atoms with van der Waals surface area (Å²) in [5.74, 6) is 0.651. The van der Waals surface area contributed by atoms with Crippen LogP contribution in [0.4, 0.5) is 5.69 Å². The van der Waals surface area contributed by atoms with Crippen LogP contribution in [0.1, 0.15) is 66.4 Å². The molecule has 2 heterocycles. The molecule has 2 aliphatic heterocycles. The molecular weight excluding hydrogens is 580 g/mol. The topological polar surface area (TPSA) is 93.2 Å². The van der Waals surface area contributed by atoms with Crippen LogP contribution in [-0.4, -0.2) is 35.6 Å². The van der Waals surface area contributed by atoms with E-state index in [1.807, 2.05) is 54.6 Å². The minimum absolute atomic E-state index is 0.297. The van der Waals surface area contributed by atoms with E-state index < -0.39 is 5.41 Å². The highest BCUT2D eigenvalue weighted by Crippen LogP contribution is 2.38. The lowest BCUT2D eigenvalue weighted by atomic mass is 9.78. The summed E-state index contributed by atoms with van der Waals surface area (Å²) in [6.45, 7) is 4.19. The monoisotopic (exact) mass is 608 g/mol. The van der Waals surface area contributed by atoms with Gasteiger partial charge in [0.05, 0.1) is 27.9 Å². The number of hydrogen-bond donors (Lipinski definition) is 0. The third kappa shape index (κ3) is 4.80. The van der Waals surface area contributed by atoms with Crippen LogP contribution in [0.25, 0.3) is 0 Å². The molecule has 0 radical (unpaired) electrons. The molecule has 46 heavy (non-hydrogen) atoms. The smallest absolute Gasteiger partial charge is 0.266 e. The summed E-state index contributed by atoms with van der Waals surface area (Å²) in [5.41, 5.74) is 3.35. The highest BCUT2D eigenvalue weighted by Gasteiger charge is 2.37. The van der Waals surface area contributed by atoms with E-state index in [0.717, 1.165) is 16.0 Å². The zero-order valence-corrected chi connectivity index (χ0v) is 25.3. The van der Waals surface area contributed by atoms with E-state index in [4.69, 9.17) is 9.47 Å². The zero-order valence-electron chi connectivity index (χ0n) is 25.3. The highest BCUT2D eigenvalue weighted by atomic mass is 16.5. The molecule has 0 unspecified atom stereocenters. The standard InChI is InChI=1S/C38H28N2O6/c1-38(2,23-9-7-13-26(19-23)45-28-15-17-30-32(21-28)35(42)39(3)34(30)41)24-10-8-14-27(20-24)46-29-16-18-31-33(22-29)37(44)40(36(31)43)25-11-5-4-6-12-25/h4-22H,1-3H3. The second-order valence-corrected chi connectivity index (χ2v) is 11.8. The molecule has 0 aromatic heterocycles. The van der Waals surface area contributed by atoms with Gasteiger partial charge in [0.25, 0.3) is 23.6 Å². The highest BCUT2D eigenvalue weighted by molar-refractivity contribution is 6.34. The molecule has 5 aromatic rings. The Kier molecular flexibility index (Phi) is 6.78. The fourth-order valence-electron chi connectivity index (χ4n) is 5.83. The number of anilines is 1. The van der Waals surface area contributed by atoms with Crippen LogP contribution in [0.3, 0.4) is 0 Å². The van der Waals surface area contributed by atoms with Crippen LogP contribution in [0.2, 0.25) is 0 Å². The van der Waals surface area contributed by atoms with Gasteiger partial charge >= 0.3 is 0 Å². The van der Waals surface area contributed by atoms with E-state index in [2.05, 4.69) is 13.8 Å². The number of carbonyl (C=O) groups excluding carboxylic acids is 4. The number of hydrogen-bond acceptors (Lipinski definition) is 6. The van der Waals surface area contributed by atoms with Gasteiger partial charge in [-0.15, -0.1) is 0 Å². The normalized spacial score (nSPS) is 14.1. The van der Waals surface area contributed by atoms with Crippen LogP contribution in [-0.2, 0) is 5.41 Å². The fourth-order valence-corrected chi connectivity index (χ4v) is 5.83. The predicted molar refractivity (Wildman–Crippen MR) is 172 cm³/mol. The summed E-state index contributed by atoms with van der Waals surface area (Å²) in [7, 11) is 1.46. The van der Waals surface area contributed by atoms with Crippen molar-refractivity contribution in [3.8, 4) is 23.0 Å². The minimum Gasteiger partial charge on any atom is -0.457 e. The first-order chi connectivity index (χ1) is 22.1. The first kappa shape index (κ1) is 28.7. The fraction of sp³-hybridized carbons (Fsp3) is 0.105. The molecular formula is C38H28N2O6. The van der Waals surface area contributed by atoms with Crippen LogP contribution >= 0.6 is 0 Å². The lowest BCUT2D eigenvalue weighted by Crippen LogP contribution is -2.29. The average Bonchev–Trinajstić information content (AvgIpc) is 3.44. The van der Waals surface area contributed by atoms with Crippen LogP contribution in [0, 0.1) is 0 Å². The maximum absolute atomic E-state index is 13.2. The Morgan fingerprint density at radius 2 is 0.935 bits per heavy atom. The Morgan fingerprint density at radius 3 is 1.50 bits per heavy atom. The van der Waals surface area contributed by atoms with Crippen molar-refractivity contribution in [3.63, 3.8) is 0 Å². The number of nitrogens with zero attached hydrogens (tertiary/aromatic N) is 2. The molecule has 226 valence electrons. The molecule has 8 nitrogen and oxygen atoms in total. The Labute approximate surface area is 265 Å². The summed E-state index contributed by atoms with van der Waals surface area (Å²) in [6, 6.07) is 34.1. The first-order valence-electron chi connectivity index (χ1n) is 14.7. The molecule has 0 N–H and O–H groups in total. The van der Waals surface area contributed by atoms with E-state index in [1.54, 1.807) is 60.7 Å². The van der Waals surface area contributed by atoms with Gasteiger partial charge in [0, 0.05) is 12.5 Å². The number of ether oxygens (including phenoxy) is 2.